The van der Waals surface area contributed by atoms with E-state index in [9.17, 15) is 0 Å². The number of hydrogen-bond acceptors (Lipinski definition) is 5. The van der Waals surface area contributed by atoms with Crippen molar-refractivity contribution in [2.45, 2.75) is 31.8 Å². The molecule has 3 aromatic rings. The Labute approximate surface area is 182 Å². The van der Waals surface area contributed by atoms with E-state index < -0.39 is 0 Å². The Bertz CT molecular complexity index is 934. The number of fused-ring (bicyclic) bond motifs is 2. The number of nitrogens with one attached hydrogen (secondary N) is 1. The fourth-order valence-corrected chi connectivity index (χ4v) is 4.13. The first-order valence-corrected chi connectivity index (χ1v) is 9.98. The maximum absolute atomic E-state index is 6.00. The summed E-state index contributed by atoms with van der Waals surface area (Å²) in [7, 11) is 0. The summed E-state index contributed by atoms with van der Waals surface area (Å²) in [6, 6.07) is 12.6. The zero-order valence-electron chi connectivity index (χ0n) is 16.6. The first-order valence-electron chi connectivity index (χ1n) is 9.98. The van der Waals surface area contributed by atoms with E-state index in [-0.39, 0.29) is 23.0 Å². The maximum atomic E-state index is 6.00. The van der Waals surface area contributed by atoms with E-state index in [2.05, 4.69) is 22.0 Å². The van der Waals surface area contributed by atoms with Crippen molar-refractivity contribution in [3.8, 4) is 0 Å². The second-order valence-corrected chi connectivity index (χ2v) is 7.36. The number of aromatic nitrogens is 3. The van der Waals surface area contributed by atoms with Gasteiger partial charge in [-0.05, 0) is 48.6 Å². The molecule has 0 bridgehead atoms. The molecular formula is C22H29BrN6. The van der Waals surface area contributed by atoms with E-state index in [1.807, 2.05) is 36.5 Å². The summed E-state index contributed by atoms with van der Waals surface area (Å²) < 4.78 is 0. The van der Waals surface area contributed by atoms with Crippen molar-refractivity contribution in [3.05, 3.63) is 71.3 Å². The van der Waals surface area contributed by atoms with Crippen LogP contribution in [0, 0.1) is 0 Å². The van der Waals surface area contributed by atoms with Crippen molar-refractivity contribution < 1.29 is 0 Å². The van der Waals surface area contributed by atoms with E-state index in [0.29, 0.717) is 13.1 Å². The number of pyridine rings is 1. The number of halogens is 1. The summed E-state index contributed by atoms with van der Waals surface area (Å²) in [6.07, 6.45) is 7.29. The van der Waals surface area contributed by atoms with Crippen LogP contribution in [0.3, 0.4) is 0 Å². The van der Waals surface area contributed by atoms with Gasteiger partial charge in [-0.25, -0.2) is 4.98 Å². The van der Waals surface area contributed by atoms with Gasteiger partial charge >= 0.3 is 0 Å². The van der Waals surface area contributed by atoms with Crippen LogP contribution in [-0.4, -0.2) is 39.5 Å². The maximum Gasteiger partial charge on any atom is 0.121 e. The Morgan fingerprint density at radius 2 is 2.07 bits per heavy atom. The predicted molar refractivity (Wildman–Crippen MR) is 123 cm³/mol. The topological polar surface area (TPSA) is 96.9 Å². The Hall–Kier alpha value is -2.06. The van der Waals surface area contributed by atoms with E-state index in [1.165, 1.54) is 17.7 Å². The molecular weight excluding hydrogens is 428 g/mol. The summed E-state index contributed by atoms with van der Waals surface area (Å²) in [4.78, 5) is 15.4. The summed E-state index contributed by atoms with van der Waals surface area (Å²) in [5.41, 5.74) is 17.5. The minimum atomic E-state index is 0. The predicted octanol–water partition coefficient (Wildman–Crippen LogP) is 3.26. The molecule has 1 unspecified atom stereocenters. The van der Waals surface area contributed by atoms with Gasteiger partial charge in [0.05, 0.1) is 29.3 Å². The standard InChI is InChI=1S/C22H28N6.BrH/c23-11-10-16(13-24)14-28(15-21-26-18-7-1-2-8-19(18)27-21)20-9-3-5-17-6-4-12-25-22(17)20;/h1-2,4,6-8,10,12,20H,3,5,9,11,13-15,23-24H2,(H,26,27);1H. The molecule has 6 nitrogen and oxygen atoms in total. The highest BCUT2D eigenvalue weighted by molar-refractivity contribution is 8.93. The minimum Gasteiger partial charge on any atom is -0.341 e. The van der Waals surface area contributed by atoms with Crippen LogP contribution in [0.1, 0.15) is 36.0 Å². The Morgan fingerprint density at radius 3 is 2.86 bits per heavy atom. The van der Waals surface area contributed by atoms with E-state index in [4.69, 9.17) is 21.4 Å². The molecule has 1 aliphatic rings. The number of benzene rings is 1. The molecule has 1 aromatic carbocycles. The molecule has 0 saturated heterocycles. The van der Waals surface area contributed by atoms with Crippen molar-refractivity contribution in [1.82, 2.24) is 19.9 Å². The van der Waals surface area contributed by atoms with Gasteiger partial charge in [-0.3, -0.25) is 9.88 Å². The van der Waals surface area contributed by atoms with Gasteiger partial charge in [0.1, 0.15) is 5.82 Å². The van der Waals surface area contributed by atoms with Crippen LogP contribution in [-0.2, 0) is 13.0 Å². The fraction of sp³-hybridized carbons (Fsp3) is 0.364. The number of nitrogens with two attached hydrogens (primary N) is 2. The van der Waals surface area contributed by atoms with Crippen molar-refractivity contribution >= 4 is 28.0 Å². The largest absolute Gasteiger partial charge is 0.341 e. The molecule has 1 atom stereocenters. The monoisotopic (exact) mass is 456 g/mol. The van der Waals surface area contributed by atoms with Crippen LogP contribution in [0.5, 0.6) is 0 Å². The smallest absolute Gasteiger partial charge is 0.121 e. The van der Waals surface area contributed by atoms with E-state index in [1.54, 1.807) is 0 Å². The number of para-hydroxylation sites is 2. The average molecular weight is 457 g/mol. The molecule has 154 valence electrons. The van der Waals surface area contributed by atoms with Gasteiger partial charge in [0, 0.05) is 25.8 Å². The molecule has 0 spiro atoms. The molecule has 0 fully saturated rings. The van der Waals surface area contributed by atoms with Crippen LogP contribution < -0.4 is 11.5 Å². The zero-order valence-corrected chi connectivity index (χ0v) is 18.3. The molecule has 0 amide bonds. The normalized spacial score (nSPS) is 16.7. The van der Waals surface area contributed by atoms with E-state index >= 15 is 0 Å². The lowest BCUT2D eigenvalue weighted by atomic mass is 9.90. The molecule has 4 rings (SSSR count). The van der Waals surface area contributed by atoms with Crippen molar-refractivity contribution in [2.24, 2.45) is 11.5 Å². The third-order valence-corrected chi connectivity index (χ3v) is 5.47. The number of nitrogens with zero attached hydrogens (tertiary/aromatic N) is 3. The number of imidazole rings is 1. The third kappa shape index (κ3) is 4.93. The van der Waals surface area contributed by atoms with Gasteiger partial charge in [0.15, 0.2) is 0 Å². The van der Waals surface area contributed by atoms with Crippen molar-refractivity contribution in [2.75, 3.05) is 19.6 Å². The lowest BCUT2D eigenvalue weighted by Crippen LogP contribution is -2.35. The summed E-state index contributed by atoms with van der Waals surface area (Å²) >= 11 is 0. The van der Waals surface area contributed by atoms with Crippen LogP contribution >= 0.6 is 17.0 Å². The molecule has 7 heteroatoms. The third-order valence-electron chi connectivity index (χ3n) is 5.47. The van der Waals surface area contributed by atoms with Crippen molar-refractivity contribution in [3.63, 3.8) is 0 Å². The molecule has 29 heavy (non-hydrogen) atoms. The summed E-state index contributed by atoms with van der Waals surface area (Å²) in [5.74, 6) is 0.966. The number of hydrogen-bond donors (Lipinski definition) is 3. The van der Waals surface area contributed by atoms with Crippen LogP contribution in [0.15, 0.2) is 54.2 Å². The number of rotatable bonds is 7. The van der Waals surface area contributed by atoms with Gasteiger partial charge < -0.3 is 16.5 Å². The Balaban J connectivity index is 0.00000240. The van der Waals surface area contributed by atoms with Crippen LogP contribution in [0.2, 0.25) is 0 Å². The first kappa shape index (κ1) is 21.6. The molecule has 1 aliphatic carbocycles. The molecule has 2 heterocycles. The molecule has 5 N–H and O–H groups in total. The lowest BCUT2D eigenvalue weighted by Gasteiger charge is -2.35. The molecule has 2 aromatic heterocycles. The highest BCUT2D eigenvalue weighted by atomic mass is 79.9. The van der Waals surface area contributed by atoms with Gasteiger partial charge in [-0.15, -0.1) is 17.0 Å². The lowest BCUT2D eigenvalue weighted by molar-refractivity contribution is 0.176. The molecule has 0 saturated carbocycles. The van der Waals surface area contributed by atoms with Crippen molar-refractivity contribution in [1.29, 1.82) is 0 Å². The summed E-state index contributed by atoms with van der Waals surface area (Å²) in [6.45, 7) is 2.50. The van der Waals surface area contributed by atoms with Gasteiger partial charge in [-0.1, -0.05) is 24.3 Å². The van der Waals surface area contributed by atoms with Gasteiger partial charge in [0.2, 0.25) is 0 Å². The van der Waals surface area contributed by atoms with Gasteiger partial charge in [0.25, 0.3) is 0 Å². The minimum absolute atomic E-state index is 0. The average Bonchev–Trinajstić information content (AvgIpc) is 3.15. The molecule has 0 radical (unpaired) electrons. The Morgan fingerprint density at radius 1 is 1.21 bits per heavy atom. The quantitative estimate of drug-likeness (QED) is 0.474. The molecule has 0 aliphatic heterocycles. The Kier molecular flexibility index (Phi) is 7.55. The summed E-state index contributed by atoms with van der Waals surface area (Å²) in [5, 5.41) is 0. The van der Waals surface area contributed by atoms with Gasteiger partial charge in [-0.2, -0.15) is 0 Å². The SMILES string of the molecule is Br.NCC=C(CN)CN(Cc1nc2ccccc2[nH]1)C1CCCc2cccnc21. The number of aryl methyl sites for hydroxylation is 1. The number of H-pyrrole nitrogens is 1. The second kappa shape index (κ2) is 10.1. The first-order chi connectivity index (χ1) is 13.8. The second-order valence-electron chi connectivity index (χ2n) is 7.36. The number of aromatic amines is 1. The van der Waals surface area contributed by atoms with Crippen LogP contribution in [0.4, 0.5) is 0 Å². The fourth-order valence-electron chi connectivity index (χ4n) is 4.13. The zero-order chi connectivity index (χ0) is 19.3. The van der Waals surface area contributed by atoms with Crippen LogP contribution in [0.25, 0.3) is 11.0 Å². The highest BCUT2D eigenvalue weighted by Gasteiger charge is 2.28. The highest BCUT2D eigenvalue weighted by Crippen LogP contribution is 2.34. The van der Waals surface area contributed by atoms with E-state index in [0.717, 1.165) is 48.4 Å².